The summed E-state index contributed by atoms with van der Waals surface area (Å²) < 4.78 is 4.97. The van der Waals surface area contributed by atoms with Gasteiger partial charge < -0.3 is 9.63 Å². The van der Waals surface area contributed by atoms with E-state index in [0.29, 0.717) is 5.56 Å². The van der Waals surface area contributed by atoms with Crippen molar-refractivity contribution in [2.75, 3.05) is 5.32 Å². The van der Waals surface area contributed by atoms with E-state index in [1.54, 1.807) is 0 Å². The summed E-state index contributed by atoms with van der Waals surface area (Å²) in [5.74, 6) is -1.21. The molecule has 1 aromatic carbocycles. The third-order valence-corrected chi connectivity index (χ3v) is 2.47. The van der Waals surface area contributed by atoms with Crippen molar-refractivity contribution in [2.24, 2.45) is 0 Å². The summed E-state index contributed by atoms with van der Waals surface area (Å²) in [6, 6.07) is 9.32. The van der Waals surface area contributed by atoms with Crippen LogP contribution >= 0.6 is 0 Å². The quantitative estimate of drug-likeness (QED) is 0.859. The fourth-order valence-electron chi connectivity index (χ4n) is 1.56. The van der Waals surface area contributed by atoms with E-state index >= 15 is 0 Å². The van der Waals surface area contributed by atoms with Crippen molar-refractivity contribution in [3.05, 3.63) is 36.5 Å². The highest BCUT2D eigenvalue weighted by molar-refractivity contribution is 5.94. The van der Waals surface area contributed by atoms with Crippen LogP contribution in [0.2, 0.25) is 0 Å². The highest BCUT2D eigenvalue weighted by atomic mass is 16.5. The lowest BCUT2D eigenvalue weighted by Gasteiger charge is -2.03. The molecule has 2 N–H and O–H groups in total. The lowest BCUT2D eigenvalue weighted by atomic mass is 10.1. The molecule has 98 valence electrons. The van der Waals surface area contributed by atoms with Gasteiger partial charge in [0.1, 0.15) is 0 Å². The van der Waals surface area contributed by atoms with Crippen LogP contribution in [0.4, 0.5) is 5.88 Å². The Hall–Kier alpha value is -2.63. The molecule has 1 aromatic heterocycles. The Morgan fingerprint density at radius 3 is 2.63 bits per heavy atom. The van der Waals surface area contributed by atoms with Gasteiger partial charge in [-0.15, -0.1) is 0 Å². The molecule has 0 aliphatic rings. The lowest BCUT2D eigenvalue weighted by Crippen LogP contribution is -2.13. The number of carbonyl (C=O) groups is 2. The largest absolute Gasteiger partial charge is 0.481 e. The first kappa shape index (κ1) is 12.8. The molecule has 0 atom stereocenters. The number of aliphatic carboxylic acids is 1. The monoisotopic (exact) mass is 260 g/mol. The number of amides is 1. The molecule has 0 saturated heterocycles. The summed E-state index contributed by atoms with van der Waals surface area (Å²) in [6.07, 6.45) is 1.17. The summed E-state index contributed by atoms with van der Waals surface area (Å²) in [7, 11) is 0. The molecule has 0 unspecified atom stereocenters. The summed E-state index contributed by atoms with van der Waals surface area (Å²) in [5, 5.41) is 14.7. The minimum absolute atomic E-state index is 0.107. The molecule has 0 saturated carbocycles. The van der Waals surface area contributed by atoms with Gasteiger partial charge in [-0.05, 0) is 5.56 Å². The summed E-state index contributed by atoms with van der Waals surface area (Å²) in [4.78, 5) is 21.9. The van der Waals surface area contributed by atoms with Crippen LogP contribution in [0.5, 0.6) is 0 Å². The molecule has 2 aromatic rings. The maximum absolute atomic E-state index is 11.5. The SMILES string of the molecule is O=C(O)CCC(=O)Nc1oncc1-c1ccccc1. The van der Waals surface area contributed by atoms with Crippen LogP contribution in [0.1, 0.15) is 12.8 Å². The van der Waals surface area contributed by atoms with Crippen LogP contribution in [0.25, 0.3) is 11.1 Å². The molecule has 6 nitrogen and oxygen atoms in total. The smallest absolute Gasteiger partial charge is 0.303 e. The van der Waals surface area contributed by atoms with Crippen LogP contribution in [0.3, 0.4) is 0 Å². The minimum atomic E-state index is -1.02. The number of hydrogen-bond donors (Lipinski definition) is 2. The second kappa shape index (κ2) is 5.81. The van der Waals surface area contributed by atoms with Crippen molar-refractivity contribution >= 4 is 17.8 Å². The van der Waals surface area contributed by atoms with Crippen molar-refractivity contribution < 1.29 is 19.2 Å². The standard InChI is InChI=1S/C13H12N2O4/c16-11(6-7-12(17)18)15-13-10(8-14-19-13)9-4-2-1-3-5-9/h1-5,8H,6-7H2,(H,15,16)(H,17,18). The molecule has 2 rings (SSSR count). The van der Waals surface area contributed by atoms with E-state index in [1.807, 2.05) is 30.3 Å². The second-order valence-corrected chi connectivity index (χ2v) is 3.88. The number of rotatable bonds is 5. The average Bonchev–Trinajstić information content (AvgIpc) is 2.85. The van der Waals surface area contributed by atoms with Gasteiger partial charge in [-0.25, -0.2) is 0 Å². The zero-order valence-corrected chi connectivity index (χ0v) is 10.00. The second-order valence-electron chi connectivity index (χ2n) is 3.88. The molecule has 19 heavy (non-hydrogen) atoms. The van der Waals surface area contributed by atoms with E-state index in [0.717, 1.165) is 5.56 Å². The van der Waals surface area contributed by atoms with E-state index in [9.17, 15) is 9.59 Å². The van der Waals surface area contributed by atoms with Crippen LogP contribution in [0.15, 0.2) is 41.1 Å². The fourth-order valence-corrected chi connectivity index (χ4v) is 1.56. The highest BCUT2D eigenvalue weighted by Gasteiger charge is 2.13. The predicted octanol–water partition coefficient (Wildman–Crippen LogP) is 2.14. The fraction of sp³-hybridized carbons (Fsp3) is 0.154. The predicted molar refractivity (Wildman–Crippen MR) is 67.4 cm³/mol. The van der Waals surface area contributed by atoms with Crippen LogP contribution < -0.4 is 5.32 Å². The van der Waals surface area contributed by atoms with Gasteiger partial charge in [0.15, 0.2) is 0 Å². The normalized spacial score (nSPS) is 10.1. The third-order valence-electron chi connectivity index (χ3n) is 2.47. The van der Waals surface area contributed by atoms with Gasteiger partial charge >= 0.3 is 5.97 Å². The van der Waals surface area contributed by atoms with E-state index < -0.39 is 11.9 Å². The molecule has 0 spiro atoms. The number of benzene rings is 1. The number of carboxylic acids is 1. The Morgan fingerprint density at radius 2 is 1.95 bits per heavy atom. The highest BCUT2D eigenvalue weighted by Crippen LogP contribution is 2.27. The van der Waals surface area contributed by atoms with Gasteiger partial charge in [-0.1, -0.05) is 35.5 Å². The maximum atomic E-state index is 11.5. The number of carboxylic acid groups (broad SMARTS) is 1. The molecular weight excluding hydrogens is 248 g/mol. The zero-order chi connectivity index (χ0) is 13.7. The summed E-state index contributed by atoms with van der Waals surface area (Å²) in [5.41, 5.74) is 1.52. The molecule has 0 aliphatic heterocycles. The number of nitrogens with zero attached hydrogens (tertiary/aromatic N) is 1. The topological polar surface area (TPSA) is 92.4 Å². The molecule has 1 heterocycles. The van der Waals surface area contributed by atoms with Gasteiger partial charge in [-0.2, -0.15) is 0 Å². The molecule has 1 amide bonds. The summed E-state index contributed by atoms with van der Waals surface area (Å²) >= 11 is 0. The Morgan fingerprint density at radius 1 is 1.21 bits per heavy atom. The molecule has 0 aliphatic carbocycles. The Balaban J connectivity index is 2.08. The number of carbonyl (C=O) groups excluding carboxylic acids is 1. The number of nitrogens with one attached hydrogen (secondary N) is 1. The first-order valence-corrected chi connectivity index (χ1v) is 5.68. The molecular formula is C13H12N2O4. The van der Waals surface area contributed by atoms with Crippen molar-refractivity contribution in [1.82, 2.24) is 5.16 Å². The van der Waals surface area contributed by atoms with Crippen molar-refractivity contribution in [3.8, 4) is 11.1 Å². The van der Waals surface area contributed by atoms with Crippen molar-refractivity contribution in [3.63, 3.8) is 0 Å². The van der Waals surface area contributed by atoms with Gasteiger partial charge in [0, 0.05) is 6.42 Å². The molecule has 0 radical (unpaired) electrons. The van der Waals surface area contributed by atoms with Crippen LogP contribution in [0, 0.1) is 0 Å². The lowest BCUT2D eigenvalue weighted by molar-refractivity contribution is -0.138. The van der Waals surface area contributed by atoms with Gasteiger partial charge in [-0.3, -0.25) is 14.9 Å². The molecule has 0 bridgehead atoms. The number of aromatic nitrogens is 1. The third kappa shape index (κ3) is 3.41. The van der Waals surface area contributed by atoms with Gasteiger partial charge in [0.2, 0.25) is 11.8 Å². The maximum Gasteiger partial charge on any atom is 0.303 e. The Kier molecular flexibility index (Phi) is 3.92. The van der Waals surface area contributed by atoms with Gasteiger partial charge in [0.25, 0.3) is 0 Å². The Bertz CT molecular complexity index is 577. The van der Waals surface area contributed by atoms with Crippen molar-refractivity contribution in [1.29, 1.82) is 0 Å². The van der Waals surface area contributed by atoms with Crippen LogP contribution in [-0.2, 0) is 9.59 Å². The Labute approximate surface area is 109 Å². The average molecular weight is 260 g/mol. The van der Waals surface area contributed by atoms with E-state index in [4.69, 9.17) is 9.63 Å². The van der Waals surface area contributed by atoms with Crippen molar-refractivity contribution in [2.45, 2.75) is 12.8 Å². The first-order valence-electron chi connectivity index (χ1n) is 5.68. The molecule has 6 heteroatoms. The van der Waals surface area contributed by atoms with E-state index in [2.05, 4.69) is 10.5 Å². The van der Waals surface area contributed by atoms with Crippen LogP contribution in [-0.4, -0.2) is 22.1 Å². The van der Waals surface area contributed by atoms with E-state index in [1.165, 1.54) is 6.20 Å². The number of anilines is 1. The summed E-state index contributed by atoms with van der Waals surface area (Å²) in [6.45, 7) is 0. The molecule has 0 fully saturated rings. The first-order chi connectivity index (χ1) is 9.16. The minimum Gasteiger partial charge on any atom is -0.481 e. The zero-order valence-electron chi connectivity index (χ0n) is 10.00. The number of hydrogen-bond acceptors (Lipinski definition) is 4. The van der Waals surface area contributed by atoms with E-state index in [-0.39, 0.29) is 18.7 Å². The van der Waals surface area contributed by atoms with Gasteiger partial charge in [0.05, 0.1) is 18.2 Å².